The Kier molecular flexibility index (Phi) is 1.72. The predicted octanol–water partition coefficient (Wildman–Crippen LogP) is 1.97. The molecule has 0 aromatic heterocycles. The van der Waals surface area contributed by atoms with Gasteiger partial charge in [-0.05, 0) is 13.3 Å². The van der Waals surface area contributed by atoms with Crippen LogP contribution in [-0.4, -0.2) is 11.0 Å². The molecule has 0 amide bonds. The summed E-state index contributed by atoms with van der Waals surface area (Å²) in [4.78, 5) is 0. The quantitative estimate of drug-likeness (QED) is 0.447. The zero-order chi connectivity index (χ0) is 4.41. The minimum absolute atomic E-state index is 0.676. The molecule has 1 aliphatic rings. The first kappa shape index (κ1) is 4.85. The van der Waals surface area contributed by atoms with Crippen LogP contribution in [0.25, 0.3) is 0 Å². The number of rotatable bonds is 0. The molecule has 1 unspecified atom stereocenters. The Morgan fingerprint density at radius 1 is 1.67 bits per heavy atom. The van der Waals surface area contributed by atoms with E-state index in [0.717, 1.165) is 0 Å². The number of hydrogen-bond donors (Lipinski definition) is 0. The largest absolute Gasteiger partial charge is 0.0938 e. The van der Waals surface area contributed by atoms with E-state index in [9.17, 15) is 0 Å². The van der Waals surface area contributed by atoms with Crippen molar-refractivity contribution in [3.8, 4) is 0 Å². The van der Waals surface area contributed by atoms with Crippen LogP contribution >= 0.6 is 21.6 Å². The maximum Gasteiger partial charge on any atom is 0.0160 e. The van der Waals surface area contributed by atoms with Crippen molar-refractivity contribution in [2.45, 2.75) is 11.7 Å². The second-order valence-electron chi connectivity index (χ2n) is 1.33. The third kappa shape index (κ3) is 1.09. The van der Waals surface area contributed by atoms with Gasteiger partial charge in [-0.25, -0.2) is 0 Å². The van der Waals surface area contributed by atoms with Crippen molar-refractivity contribution in [2.24, 2.45) is 0 Å². The van der Waals surface area contributed by atoms with Crippen LogP contribution < -0.4 is 0 Å². The van der Waals surface area contributed by atoms with Crippen molar-refractivity contribution in [3.05, 3.63) is 6.92 Å². The van der Waals surface area contributed by atoms with Crippen LogP contribution in [0, 0.1) is 6.92 Å². The Morgan fingerprint density at radius 2 is 2.50 bits per heavy atom. The van der Waals surface area contributed by atoms with Gasteiger partial charge in [-0.3, -0.25) is 0 Å². The Balaban J connectivity index is 2.18. The molecule has 6 heavy (non-hydrogen) atoms. The molecule has 0 aliphatic carbocycles. The Hall–Kier alpha value is 0.700. The Bertz CT molecular complexity index is 38.8. The first-order valence-electron chi connectivity index (χ1n) is 2.01. The molecule has 0 aromatic carbocycles. The molecule has 0 spiro atoms. The van der Waals surface area contributed by atoms with Crippen molar-refractivity contribution in [1.29, 1.82) is 0 Å². The van der Waals surface area contributed by atoms with Crippen molar-refractivity contribution >= 4 is 21.6 Å². The highest BCUT2D eigenvalue weighted by Gasteiger charge is 2.08. The highest BCUT2D eigenvalue weighted by Crippen LogP contribution is 2.36. The Morgan fingerprint density at radius 3 is 2.67 bits per heavy atom. The van der Waals surface area contributed by atoms with Gasteiger partial charge in [-0.1, -0.05) is 21.6 Å². The van der Waals surface area contributed by atoms with Gasteiger partial charge in [-0.15, -0.1) is 0 Å². The average molecular weight is 119 g/mol. The summed E-state index contributed by atoms with van der Waals surface area (Å²) in [6, 6.07) is 0. The van der Waals surface area contributed by atoms with E-state index >= 15 is 0 Å². The third-order valence-electron chi connectivity index (χ3n) is 0.727. The normalized spacial score (nSPS) is 34.5. The molecule has 1 heterocycles. The highest BCUT2D eigenvalue weighted by atomic mass is 33.1. The van der Waals surface area contributed by atoms with E-state index in [4.69, 9.17) is 0 Å². The van der Waals surface area contributed by atoms with E-state index in [-0.39, 0.29) is 0 Å². The summed E-state index contributed by atoms with van der Waals surface area (Å²) in [7, 11) is 3.84. The van der Waals surface area contributed by atoms with Crippen LogP contribution in [0.2, 0.25) is 0 Å². The van der Waals surface area contributed by atoms with Crippen LogP contribution in [0.4, 0.5) is 0 Å². The molecule has 2 heteroatoms. The molecule has 0 N–H and O–H groups in total. The van der Waals surface area contributed by atoms with Gasteiger partial charge in [0.25, 0.3) is 0 Å². The van der Waals surface area contributed by atoms with E-state index < -0.39 is 0 Å². The smallest absolute Gasteiger partial charge is 0.0160 e. The highest BCUT2D eigenvalue weighted by molar-refractivity contribution is 8.77. The van der Waals surface area contributed by atoms with Crippen molar-refractivity contribution < 1.29 is 0 Å². The fourth-order valence-corrected chi connectivity index (χ4v) is 2.85. The molecule has 1 fully saturated rings. The predicted molar refractivity (Wildman–Crippen MR) is 33.8 cm³/mol. The standard InChI is InChI=1S/C4H7S2/c1-4-2-3-5-6-4/h4H,1-3H2. The summed E-state index contributed by atoms with van der Waals surface area (Å²) in [5.41, 5.74) is 0. The van der Waals surface area contributed by atoms with Gasteiger partial charge in [0.2, 0.25) is 0 Å². The van der Waals surface area contributed by atoms with E-state index in [0.29, 0.717) is 5.25 Å². The van der Waals surface area contributed by atoms with Gasteiger partial charge in [0.1, 0.15) is 0 Å². The lowest BCUT2D eigenvalue weighted by atomic mass is 10.4. The third-order valence-corrected chi connectivity index (χ3v) is 3.50. The van der Waals surface area contributed by atoms with Crippen LogP contribution in [0.3, 0.4) is 0 Å². The molecule has 0 aromatic rings. The van der Waals surface area contributed by atoms with Gasteiger partial charge in [-0.2, -0.15) is 0 Å². The molecule has 1 atom stereocenters. The molecule has 1 rings (SSSR count). The zero-order valence-electron chi connectivity index (χ0n) is 3.52. The molecule has 0 bridgehead atoms. The molecule has 0 saturated carbocycles. The lowest BCUT2D eigenvalue weighted by Gasteiger charge is -1.89. The van der Waals surface area contributed by atoms with Crippen molar-refractivity contribution in [3.63, 3.8) is 0 Å². The van der Waals surface area contributed by atoms with Gasteiger partial charge in [0.15, 0.2) is 0 Å². The second-order valence-corrected chi connectivity index (χ2v) is 4.12. The Labute approximate surface area is 46.5 Å². The number of hydrogen-bond acceptors (Lipinski definition) is 2. The van der Waals surface area contributed by atoms with Crippen LogP contribution in [0.15, 0.2) is 0 Å². The van der Waals surface area contributed by atoms with Gasteiger partial charge in [0.05, 0.1) is 0 Å². The van der Waals surface area contributed by atoms with E-state index in [1.807, 2.05) is 21.6 Å². The van der Waals surface area contributed by atoms with Gasteiger partial charge >= 0.3 is 0 Å². The monoisotopic (exact) mass is 119 g/mol. The second kappa shape index (κ2) is 2.12. The molecular weight excluding hydrogens is 112 g/mol. The van der Waals surface area contributed by atoms with Gasteiger partial charge in [0, 0.05) is 11.0 Å². The molecule has 1 radical (unpaired) electrons. The summed E-state index contributed by atoms with van der Waals surface area (Å²) in [5.74, 6) is 1.30. The minimum atomic E-state index is 0.676. The summed E-state index contributed by atoms with van der Waals surface area (Å²) < 4.78 is 0. The van der Waals surface area contributed by atoms with Crippen LogP contribution in [-0.2, 0) is 0 Å². The molecular formula is C4H7S2. The fourth-order valence-electron chi connectivity index (χ4n) is 0.372. The molecule has 1 saturated heterocycles. The lowest BCUT2D eigenvalue weighted by molar-refractivity contribution is 1.01. The summed E-state index contributed by atoms with van der Waals surface area (Å²) in [5, 5.41) is 0.676. The first-order chi connectivity index (χ1) is 2.89. The zero-order valence-corrected chi connectivity index (χ0v) is 5.15. The van der Waals surface area contributed by atoms with E-state index in [1.165, 1.54) is 12.2 Å². The van der Waals surface area contributed by atoms with Gasteiger partial charge < -0.3 is 0 Å². The minimum Gasteiger partial charge on any atom is -0.0938 e. The maximum absolute atomic E-state index is 3.88. The van der Waals surface area contributed by atoms with Crippen molar-refractivity contribution in [1.82, 2.24) is 0 Å². The lowest BCUT2D eigenvalue weighted by Crippen LogP contribution is -1.85. The molecule has 0 nitrogen and oxygen atoms in total. The summed E-state index contributed by atoms with van der Waals surface area (Å²) >= 11 is 0. The summed E-state index contributed by atoms with van der Waals surface area (Å²) in [6.45, 7) is 3.88. The van der Waals surface area contributed by atoms with Crippen molar-refractivity contribution in [2.75, 3.05) is 5.75 Å². The van der Waals surface area contributed by atoms with E-state index in [1.54, 1.807) is 0 Å². The SMILES string of the molecule is [CH2]C1CCSS1. The maximum atomic E-state index is 3.88. The van der Waals surface area contributed by atoms with Crippen LogP contribution in [0.5, 0.6) is 0 Å². The van der Waals surface area contributed by atoms with Crippen LogP contribution in [0.1, 0.15) is 6.42 Å². The first-order valence-corrected chi connectivity index (χ1v) is 4.39. The summed E-state index contributed by atoms with van der Waals surface area (Å²) in [6.07, 6.45) is 1.30. The van der Waals surface area contributed by atoms with E-state index in [2.05, 4.69) is 6.92 Å². The fraction of sp³-hybridized carbons (Fsp3) is 0.750. The topological polar surface area (TPSA) is 0 Å². The average Bonchev–Trinajstić information content (AvgIpc) is 1.86. The molecule has 35 valence electrons. The molecule has 1 aliphatic heterocycles.